The zero-order chi connectivity index (χ0) is 19.8. The van der Waals surface area contributed by atoms with Crippen molar-refractivity contribution in [2.24, 2.45) is 12.8 Å². The van der Waals surface area contributed by atoms with Gasteiger partial charge in [-0.3, -0.25) is 14.2 Å². The first-order valence-electron chi connectivity index (χ1n) is 6.74. The van der Waals surface area contributed by atoms with Gasteiger partial charge >= 0.3 is 11.9 Å². The molecule has 0 aliphatic rings. The fraction of sp³-hybridized carbons (Fsp3) is 0.214. The van der Waals surface area contributed by atoms with Gasteiger partial charge < -0.3 is 10.5 Å². The molecule has 0 saturated carbocycles. The van der Waals surface area contributed by atoms with Gasteiger partial charge in [0.05, 0.1) is 10.7 Å². The molecule has 140 valence electrons. The van der Waals surface area contributed by atoms with Crippen LogP contribution in [-0.2, 0) is 18.0 Å². The van der Waals surface area contributed by atoms with E-state index in [-0.39, 0.29) is 26.0 Å². The molecule has 0 saturated heterocycles. The van der Waals surface area contributed by atoms with Gasteiger partial charge in [0.15, 0.2) is 6.61 Å². The highest BCUT2D eigenvalue weighted by Crippen LogP contribution is 2.30. The highest BCUT2D eigenvalue weighted by molar-refractivity contribution is 6.32. The maximum atomic E-state index is 14.2. The normalized spacial score (nSPS) is 11.5. The number of carbonyl (C=O) groups excluding carboxylic acids is 1. The van der Waals surface area contributed by atoms with Crippen LogP contribution >= 0.6 is 11.6 Å². The minimum atomic E-state index is -4.96. The predicted molar refractivity (Wildman–Crippen MR) is 81.9 cm³/mol. The zero-order valence-electron chi connectivity index (χ0n) is 12.9. The molecule has 0 atom stereocenters. The maximum absolute atomic E-state index is 14.2. The number of amides is 1. The number of primary amides is 1. The lowest BCUT2D eigenvalue weighted by Crippen LogP contribution is -2.41. The van der Waals surface area contributed by atoms with Crippen LogP contribution in [0.3, 0.4) is 0 Å². The molecule has 1 heterocycles. The quantitative estimate of drug-likeness (QED) is 0.787. The Morgan fingerprint density at radius 3 is 2.42 bits per heavy atom. The minimum Gasteiger partial charge on any atom is -0.482 e. The molecule has 1 aromatic carbocycles. The van der Waals surface area contributed by atoms with Crippen molar-refractivity contribution in [2.45, 2.75) is 6.18 Å². The number of alkyl halides is 3. The number of aromatic nitrogens is 2. The van der Waals surface area contributed by atoms with E-state index in [1.165, 1.54) is 0 Å². The molecule has 0 unspecified atom stereocenters. The zero-order valence-corrected chi connectivity index (χ0v) is 13.7. The summed E-state index contributed by atoms with van der Waals surface area (Å²) in [6, 6.07) is 1.63. The summed E-state index contributed by atoms with van der Waals surface area (Å²) in [6.07, 6.45) is -4.96. The third-order valence-corrected chi connectivity index (χ3v) is 3.52. The Labute approximate surface area is 147 Å². The molecule has 7 nitrogen and oxygen atoms in total. The Morgan fingerprint density at radius 2 is 1.88 bits per heavy atom. The number of ether oxygens (including phenoxy) is 1. The molecule has 0 bridgehead atoms. The summed E-state index contributed by atoms with van der Waals surface area (Å²) in [6.45, 7) is -0.634. The van der Waals surface area contributed by atoms with E-state index in [0.717, 1.165) is 13.1 Å². The fourth-order valence-corrected chi connectivity index (χ4v) is 2.27. The summed E-state index contributed by atoms with van der Waals surface area (Å²) in [7, 11) is 0.777. The second kappa shape index (κ2) is 6.83. The van der Waals surface area contributed by atoms with Crippen molar-refractivity contribution in [3.63, 3.8) is 0 Å². The topological polar surface area (TPSA) is 96.3 Å². The first-order valence-corrected chi connectivity index (χ1v) is 7.12. The Balaban J connectivity index is 2.71. The summed E-state index contributed by atoms with van der Waals surface area (Å²) < 4.78 is 58.0. The molecule has 26 heavy (non-hydrogen) atoms. The van der Waals surface area contributed by atoms with Gasteiger partial charge in [-0.25, -0.2) is 13.8 Å². The smallest absolute Gasteiger partial charge is 0.431 e. The lowest BCUT2D eigenvalue weighted by molar-refractivity contribution is -0.144. The van der Waals surface area contributed by atoms with Gasteiger partial charge in [0.25, 0.3) is 11.5 Å². The Morgan fingerprint density at radius 1 is 1.27 bits per heavy atom. The van der Waals surface area contributed by atoms with E-state index in [9.17, 15) is 31.9 Å². The second-order valence-corrected chi connectivity index (χ2v) is 5.44. The molecule has 1 amide bonds. The number of hydrogen-bond acceptors (Lipinski definition) is 4. The second-order valence-electron chi connectivity index (χ2n) is 5.03. The van der Waals surface area contributed by atoms with E-state index in [2.05, 4.69) is 0 Å². The summed E-state index contributed by atoms with van der Waals surface area (Å²) in [5, 5.41) is -0.302. The van der Waals surface area contributed by atoms with Crippen molar-refractivity contribution in [1.82, 2.24) is 9.13 Å². The van der Waals surface area contributed by atoms with E-state index in [1.54, 1.807) is 0 Å². The van der Waals surface area contributed by atoms with Crippen molar-refractivity contribution >= 4 is 17.5 Å². The van der Waals surface area contributed by atoms with Gasteiger partial charge in [0, 0.05) is 19.2 Å². The molecule has 0 aliphatic carbocycles. The third-order valence-electron chi connectivity index (χ3n) is 3.22. The molecular weight excluding hydrogens is 386 g/mol. The van der Waals surface area contributed by atoms with Crippen LogP contribution in [0, 0.1) is 5.82 Å². The van der Waals surface area contributed by atoms with Crippen LogP contribution in [0.2, 0.25) is 5.02 Å². The van der Waals surface area contributed by atoms with Crippen molar-refractivity contribution in [3.05, 3.63) is 55.6 Å². The van der Waals surface area contributed by atoms with E-state index in [0.29, 0.717) is 6.07 Å². The number of nitrogens with two attached hydrogens (primary N) is 1. The van der Waals surface area contributed by atoms with Gasteiger partial charge in [0.1, 0.15) is 17.3 Å². The van der Waals surface area contributed by atoms with Crippen LogP contribution in [0.15, 0.2) is 27.8 Å². The largest absolute Gasteiger partial charge is 0.482 e. The summed E-state index contributed by atoms with van der Waals surface area (Å²) in [4.78, 5) is 34.9. The number of rotatable bonds is 4. The Hall–Kier alpha value is -2.82. The predicted octanol–water partition coefficient (Wildman–Crippen LogP) is 1.21. The van der Waals surface area contributed by atoms with Gasteiger partial charge in [-0.15, -0.1) is 0 Å². The number of nitrogens with zero attached hydrogens (tertiary/aromatic N) is 2. The third kappa shape index (κ3) is 3.72. The standard InChI is InChI=1S/C14H10ClF4N3O4/c1-21-10(14(17,18)19)4-12(24)22(13(21)25)8-3-9(26-5-11(20)23)6(15)2-7(8)16/h2-4H,5H2,1H3,(H2,20,23). The highest BCUT2D eigenvalue weighted by atomic mass is 35.5. The van der Waals surface area contributed by atoms with Crippen molar-refractivity contribution in [2.75, 3.05) is 6.61 Å². The molecule has 2 N–H and O–H groups in total. The molecule has 0 spiro atoms. The lowest BCUT2D eigenvalue weighted by Gasteiger charge is -2.15. The Bertz CT molecular complexity index is 997. The lowest BCUT2D eigenvalue weighted by atomic mass is 10.2. The highest BCUT2D eigenvalue weighted by Gasteiger charge is 2.35. The number of halogens is 5. The van der Waals surface area contributed by atoms with Gasteiger partial charge in [0.2, 0.25) is 0 Å². The summed E-state index contributed by atoms with van der Waals surface area (Å²) in [5.74, 6) is -2.34. The van der Waals surface area contributed by atoms with Crippen LogP contribution in [0.5, 0.6) is 5.75 Å². The molecule has 2 rings (SSSR count). The van der Waals surface area contributed by atoms with Gasteiger partial charge in [-0.1, -0.05) is 11.6 Å². The van der Waals surface area contributed by atoms with Crippen LogP contribution in [0.4, 0.5) is 17.6 Å². The average molecular weight is 396 g/mol. The number of benzene rings is 1. The molecule has 1 aromatic heterocycles. The maximum Gasteiger partial charge on any atom is 0.431 e. The molecule has 12 heteroatoms. The fourth-order valence-electron chi connectivity index (χ4n) is 2.07. The number of carbonyl (C=O) groups is 1. The Kier molecular flexibility index (Phi) is 5.12. The monoisotopic (exact) mass is 395 g/mol. The van der Waals surface area contributed by atoms with E-state index in [1.807, 2.05) is 0 Å². The van der Waals surface area contributed by atoms with E-state index < -0.39 is 47.1 Å². The minimum absolute atomic E-state index is 0.152. The van der Waals surface area contributed by atoms with Crippen LogP contribution in [0.25, 0.3) is 5.69 Å². The number of hydrogen-bond donors (Lipinski definition) is 1. The first kappa shape index (κ1) is 19.5. The van der Waals surface area contributed by atoms with Crippen molar-refractivity contribution in [3.8, 4) is 11.4 Å². The van der Waals surface area contributed by atoms with Crippen molar-refractivity contribution in [1.29, 1.82) is 0 Å². The van der Waals surface area contributed by atoms with Crippen molar-refractivity contribution < 1.29 is 27.1 Å². The molecule has 0 fully saturated rings. The van der Waals surface area contributed by atoms with Crippen LogP contribution in [-0.4, -0.2) is 21.6 Å². The van der Waals surface area contributed by atoms with E-state index in [4.69, 9.17) is 22.1 Å². The molecule has 2 aromatic rings. The van der Waals surface area contributed by atoms with Gasteiger partial charge in [-0.2, -0.15) is 13.2 Å². The SMILES string of the molecule is Cn1c(C(F)(F)F)cc(=O)n(-c2cc(OCC(N)=O)c(Cl)cc2F)c1=O. The summed E-state index contributed by atoms with van der Waals surface area (Å²) in [5.41, 5.74) is -0.151. The molecule has 0 aliphatic heterocycles. The van der Waals surface area contributed by atoms with E-state index >= 15 is 0 Å². The first-order chi connectivity index (χ1) is 11.9. The average Bonchev–Trinajstić information content (AvgIpc) is 2.50. The van der Waals surface area contributed by atoms with Crippen LogP contribution in [0.1, 0.15) is 5.69 Å². The summed E-state index contributed by atoms with van der Waals surface area (Å²) >= 11 is 5.73. The van der Waals surface area contributed by atoms with Gasteiger partial charge in [-0.05, 0) is 6.07 Å². The molecular formula is C14H10ClF4N3O4. The van der Waals surface area contributed by atoms with Crippen LogP contribution < -0.4 is 21.7 Å². The molecule has 0 radical (unpaired) electrons.